The Labute approximate surface area is 133 Å². The topological polar surface area (TPSA) is 76.7 Å². The Balaban J connectivity index is 2.13. The number of alkyl carbamates (subject to hydrolysis) is 1. The fraction of sp³-hybridized carbons (Fsp3) is 0.875. The zero-order valence-corrected chi connectivity index (χ0v) is 14.2. The zero-order chi connectivity index (χ0) is 16.6. The van der Waals surface area contributed by atoms with E-state index in [0.717, 1.165) is 32.2 Å². The van der Waals surface area contributed by atoms with Gasteiger partial charge < -0.3 is 20.1 Å². The van der Waals surface area contributed by atoms with Crippen LogP contribution < -0.4 is 10.6 Å². The van der Waals surface area contributed by atoms with Crippen molar-refractivity contribution in [2.24, 2.45) is 0 Å². The molecule has 128 valence electrons. The molecule has 1 aliphatic carbocycles. The van der Waals surface area contributed by atoms with Crippen LogP contribution in [0.4, 0.5) is 4.79 Å². The van der Waals surface area contributed by atoms with E-state index in [0.29, 0.717) is 19.1 Å². The van der Waals surface area contributed by atoms with E-state index >= 15 is 0 Å². The summed E-state index contributed by atoms with van der Waals surface area (Å²) >= 11 is 0. The van der Waals surface area contributed by atoms with Crippen molar-refractivity contribution >= 4 is 12.1 Å². The number of hydrogen-bond acceptors (Lipinski definition) is 5. The summed E-state index contributed by atoms with van der Waals surface area (Å²) in [6, 6.07) is 0.555. The van der Waals surface area contributed by atoms with Gasteiger partial charge in [0.1, 0.15) is 5.60 Å². The molecule has 0 heterocycles. The summed E-state index contributed by atoms with van der Waals surface area (Å²) in [6.07, 6.45) is 3.76. The van der Waals surface area contributed by atoms with Gasteiger partial charge in [-0.15, -0.1) is 0 Å². The maximum atomic E-state index is 11.7. The molecule has 0 bridgehead atoms. The second-order valence-corrected chi connectivity index (χ2v) is 6.72. The Bertz CT molecular complexity index is 366. The van der Waals surface area contributed by atoms with Gasteiger partial charge in [0.2, 0.25) is 0 Å². The first-order valence-corrected chi connectivity index (χ1v) is 8.18. The molecule has 1 aliphatic rings. The van der Waals surface area contributed by atoms with Crippen molar-refractivity contribution in [1.82, 2.24) is 10.6 Å². The van der Waals surface area contributed by atoms with Gasteiger partial charge in [-0.1, -0.05) is 0 Å². The summed E-state index contributed by atoms with van der Waals surface area (Å²) in [5, 5.41) is 6.35. The molecule has 0 saturated heterocycles. The molecule has 0 aromatic heterocycles. The third-order valence-corrected chi connectivity index (χ3v) is 3.45. The van der Waals surface area contributed by atoms with Crippen LogP contribution in [0.3, 0.4) is 0 Å². The normalized spacial score (nSPS) is 21.5. The van der Waals surface area contributed by atoms with E-state index in [-0.39, 0.29) is 18.1 Å². The van der Waals surface area contributed by atoms with Crippen LogP contribution in [0.2, 0.25) is 0 Å². The van der Waals surface area contributed by atoms with E-state index in [1.807, 2.05) is 27.7 Å². The van der Waals surface area contributed by atoms with Crippen molar-refractivity contribution in [3.63, 3.8) is 0 Å². The van der Waals surface area contributed by atoms with E-state index in [9.17, 15) is 9.59 Å². The van der Waals surface area contributed by atoms with Crippen molar-refractivity contribution in [2.45, 2.75) is 77.5 Å². The van der Waals surface area contributed by atoms with Gasteiger partial charge >= 0.3 is 12.1 Å². The number of carbonyl (C=O) groups excluding carboxylic acids is 2. The first kappa shape index (κ1) is 18.7. The maximum Gasteiger partial charge on any atom is 0.407 e. The minimum absolute atomic E-state index is 0.139. The van der Waals surface area contributed by atoms with Gasteiger partial charge in [0.25, 0.3) is 0 Å². The predicted octanol–water partition coefficient (Wildman–Crippen LogP) is 2.37. The van der Waals surface area contributed by atoms with Gasteiger partial charge in [-0.3, -0.25) is 4.79 Å². The van der Waals surface area contributed by atoms with Crippen LogP contribution in [-0.2, 0) is 14.3 Å². The van der Waals surface area contributed by atoms with E-state index in [2.05, 4.69) is 10.6 Å². The Morgan fingerprint density at radius 1 is 1.18 bits per heavy atom. The van der Waals surface area contributed by atoms with Crippen LogP contribution in [0.5, 0.6) is 0 Å². The predicted molar refractivity (Wildman–Crippen MR) is 84.7 cm³/mol. The molecule has 1 amide bonds. The number of rotatable bonds is 7. The standard InChI is InChI=1S/C16H30N2O4/c1-5-21-14(19)7-6-10-17-12-8-9-13(11-12)18-15(20)22-16(2,3)4/h12-13,17H,5-11H2,1-4H3,(H,18,20). The van der Waals surface area contributed by atoms with Crippen LogP contribution in [0.25, 0.3) is 0 Å². The second-order valence-electron chi connectivity index (χ2n) is 6.72. The summed E-state index contributed by atoms with van der Waals surface area (Å²) in [6.45, 7) is 8.61. The largest absolute Gasteiger partial charge is 0.466 e. The van der Waals surface area contributed by atoms with Crippen molar-refractivity contribution in [3.8, 4) is 0 Å². The van der Waals surface area contributed by atoms with E-state index in [4.69, 9.17) is 9.47 Å². The SMILES string of the molecule is CCOC(=O)CCCNC1CCC(NC(=O)OC(C)(C)C)C1. The van der Waals surface area contributed by atoms with Gasteiger partial charge in [-0.25, -0.2) is 4.79 Å². The Hall–Kier alpha value is -1.30. The molecule has 0 radical (unpaired) electrons. The summed E-state index contributed by atoms with van der Waals surface area (Å²) < 4.78 is 10.1. The fourth-order valence-corrected chi connectivity index (χ4v) is 2.54. The molecule has 1 rings (SSSR count). The quantitative estimate of drug-likeness (QED) is 0.557. The average molecular weight is 314 g/mol. The monoisotopic (exact) mass is 314 g/mol. The van der Waals surface area contributed by atoms with Crippen molar-refractivity contribution < 1.29 is 19.1 Å². The highest BCUT2D eigenvalue weighted by Crippen LogP contribution is 2.20. The highest BCUT2D eigenvalue weighted by molar-refractivity contribution is 5.69. The molecule has 0 spiro atoms. The molecule has 22 heavy (non-hydrogen) atoms. The average Bonchev–Trinajstić information content (AvgIpc) is 2.80. The second kappa shape index (κ2) is 8.98. The number of amides is 1. The smallest absolute Gasteiger partial charge is 0.407 e. The van der Waals surface area contributed by atoms with Gasteiger partial charge in [0, 0.05) is 18.5 Å². The molecule has 2 N–H and O–H groups in total. The van der Waals surface area contributed by atoms with Gasteiger partial charge in [-0.2, -0.15) is 0 Å². The Morgan fingerprint density at radius 3 is 2.50 bits per heavy atom. The number of esters is 1. The molecular formula is C16H30N2O4. The first-order chi connectivity index (χ1) is 10.3. The molecule has 1 saturated carbocycles. The van der Waals surface area contributed by atoms with E-state index < -0.39 is 5.60 Å². The summed E-state index contributed by atoms with van der Waals surface area (Å²) in [5.41, 5.74) is -0.465. The molecule has 0 aromatic carbocycles. The summed E-state index contributed by atoms with van der Waals surface area (Å²) in [5.74, 6) is -0.139. The van der Waals surface area contributed by atoms with Crippen LogP contribution in [-0.4, -0.2) is 42.9 Å². The van der Waals surface area contributed by atoms with Crippen molar-refractivity contribution in [1.29, 1.82) is 0 Å². The third kappa shape index (κ3) is 8.22. The first-order valence-electron chi connectivity index (χ1n) is 8.18. The molecule has 0 aromatic rings. The van der Waals surface area contributed by atoms with E-state index in [1.54, 1.807) is 0 Å². The molecule has 2 atom stereocenters. The zero-order valence-electron chi connectivity index (χ0n) is 14.2. The minimum atomic E-state index is -0.465. The van der Waals surface area contributed by atoms with Gasteiger partial charge in [0.05, 0.1) is 6.61 Å². The van der Waals surface area contributed by atoms with Gasteiger partial charge in [0.15, 0.2) is 0 Å². The summed E-state index contributed by atoms with van der Waals surface area (Å²) in [7, 11) is 0. The Morgan fingerprint density at radius 2 is 1.86 bits per heavy atom. The number of ether oxygens (including phenoxy) is 2. The fourth-order valence-electron chi connectivity index (χ4n) is 2.54. The van der Waals surface area contributed by atoms with Crippen LogP contribution in [0, 0.1) is 0 Å². The van der Waals surface area contributed by atoms with Crippen LogP contribution >= 0.6 is 0 Å². The molecular weight excluding hydrogens is 284 g/mol. The maximum absolute atomic E-state index is 11.7. The number of hydrogen-bond donors (Lipinski definition) is 2. The van der Waals surface area contributed by atoms with Crippen molar-refractivity contribution in [2.75, 3.05) is 13.2 Å². The number of nitrogens with one attached hydrogen (secondary N) is 2. The highest BCUT2D eigenvalue weighted by atomic mass is 16.6. The lowest BCUT2D eigenvalue weighted by atomic mass is 10.2. The Kier molecular flexibility index (Phi) is 7.65. The summed E-state index contributed by atoms with van der Waals surface area (Å²) in [4.78, 5) is 22.9. The lowest BCUT2D eigenvalue weighted by Crippen LogP contribution is -2.39. The van der Waals surface area contributed by atoms with E-state index in [1.165, 1.54) is 0 Å². The van der Waals surface area contributed by atoms with Crippen molar-refractivity contribution in [3.05, 3.63) is 0 Å². The molecule has 2 unspecified atom stereocenters. The highest BCUT2D eigenvalue weighted by Gasteiger charge is 2.27. The molecule has 6 nitrogen and oxygen atoms in total. The molecule has 6 heteroatoms. The molecule has 1 fully saturated rings. The lowest BCUT2D eigenvalue weighted by Gasteiger charge is -2.21. The minimum Gasteiger partial charge on any atom is -0.466 e. The lowest BCUT2D eigenvalue weighted by molar-refractivity contribution is -0.143. The van der Waals surface area contributed by atoms with Crippen LogP contribution in [0.15, 0.2) is 0 Å². The van der Waals surface area contributed by atoms with Gasteiger partial charge in [-0.05, 0) is 59.9 Å². The molecule has 0 aliphatic heterocycles. The number of carbonyl (C=O) groups is 2. The third-order valence-electron chi connectivity index (χ3n) is 3.45. The van der Waals surface area contributed by atoms with Crippen LogP contribution in [0.1, 0.15) is 59.8 Å².